The van der Waals surface area contributed by atoms with Gasteiger partial charge in [-0.2, -0.15) is 0 Å². The summed E-state index contributed by atoms with van der Waals surface area (Å²) in [5, 5.41) is 0. The molecule has 0 fully saturated rings. The second-order valence-electron chi connectivity index (χ2n) is 2.79. The number of nitrogens with zero attached hydrogens (tertiary/aromatic N) is 2. The summed E-state index contributed by atoms with van der Waals surface area (Å²) in [5.74, 6) is 0. The van der Waals surface area contributed by atoms with Crippen molar-refractivity contribution in [3.63, 3.8) is 0 Å². The van der Waals surface area contributed by atoms with Crippen LogP contribution >= 0.6 is 12.2 Å². The Kier molecular flexibility index (Phi) is 1.98. The van der Waals surface area contributed by atoms with Crippen molar-refractivity contribution in [2.24, 2.45) is 0 Å². The van der Waals surface area contributed by atoms with Crippen LogP contribution < -0.4 is 0 Å². The Labute approximate surface area is 81.1 Å². The van der Waals surface area contributed by atoms with Crippen molar-refractivity contribution < 1.29 is 0 Å². The average molecular weight is 191 g/mol. The largest absolute Gasteiger partial charge is 0.337 e. The van der Waals surface area contributed by atoms with Crippen LogP contribution in [-0.2, 0) is 0 Å². The van der Waals surface area contributed by atoms with Gasteiger partial charge in [-0.25, -0.2) is 0 Å². The van der Waals surface area contributed by atoms with E-state index in [1.807, 2.05) is 36.0 Å². The van der Waals surface area contributed by atoms with E-state index in [2.05, 4.69) is 9.97 Å². The molecule has 0 amide bonds. The summed E-state index contributed by atoms with van der Waals surface area (Å²) in [6.45, 7) is 1.96. The van der Waals surface area contributed by atoms with Crippen LogP contribution in [0, 0.1) is 11.7 Å². The van der Waals surface area contributed by atoms with Crippen molar-refractivity contribution in [2.75, 3.05) is 0 Å². The molecule has 0 aliphatic heterocycles. The van der Waals surface area contributed by atoms with Gasteiger partial charge in [-0.05, 0) is 31.3 Å². The van der Waals surface area contributed by atoms with Crippen molar-refractivity contribution in [2.45, 2.75) is 6.92 Å². The van der Waals surface area contributed by atoms with Gasteiger partial charge in [0.1, 0.15) is 0 Å². The molecular weight excluding hydrogens is 182 g/mol. The minimum Gasteiger partial charge on any atom is -0.337 e. The molecule has 0 spiro atoms. The van der Waals surface area contributed by atoms with E-state index in [4.69, 9.17) is 12.2 Å². The van der Waals surface area contributed by atoms with Crippen LogP contribution in [0.4, 0.5) is 0 Å². The molecule has 0 aliphatic rings. The van der Waals surface area contributed by atoms with Gasteiger partial charge in [-0.3, -0.25) is 9.55 Å². The van der Waals surface area contributed by atoms with Gasteiger partial charge in [0.2, 0.25) is 0 Å². The molecule has 4 heteroatoms. The van der Waals surface area contributed by atoms with Gasteiger partial charge >= 0.3 is 0 Å². The maximum absolute atomic E-state index is 5.10. The van der Waals surface area contributed by atoms with Gasteiger partial charge < -0.3 is 4.98 Å². The first-order chi connectivity index (χ1) is 6.27. The standard InChI is InChI=1S/C9H9N3S/c1-7-6-8(2-3-10-7)12-5-4-11-9(12)13/h2-6H,1H3,(H,11,13). The number of aryl methyl sites for hydroxylation is 1. The van der Waals surface area contributed by atoms with Crippen molar-refractivity contribution in [1.29, 1.82) is 0 Å². The average Bonchev–Trinajstić information content (AvgIpc) is 2.51. The van der Waals surface area contributed by atoms with Crippen molar-refractivity contribution in [1.82, 2.24) is 14.5 Å². The molecule has 0 aliphatic carbocycles. The Morgan fingerprint density at radius 2 is 2.38 bits per heavy atom. The summed E-state index contributed by atoms with van der Waals surface area (Å²) in [5.41, 5.74) is 2.03. The van der Waals surface area contributed by atoms with Gasteiger partial charge in [0, 0.05) is 24.3 Å². The fraction of sp³-hybridized carbons (Fsp3) is 0.111. The molecule has 0 atom stereocenters. The highest BCUT2D eigenvalue weighted by atomic mass is 32.1. The van der Waals surface area contributed by atoms with Crippen LogP contribution in [0.2, 0.25) is 0 Å². The Morgan fingerprint density at radius 1 is 1.54 bits per heavy atom. The van der Waals surface area contributed by atoms with E-state index < -0.39 is 0 Å². The number of rotatable bonds is 1. The van der Waals surface area contributed by atoms with Crippen LogP contribution in [0.15, 0.2) is 30.7 Å². The van der Waals surface area contributed by atoms with Gasteiger partial charge in [0.05, 0.1) is 5.69 Å². The van der Waals surface area contributed by atoms with Crippen LogP contribution in [0.3, 0.4) is 0 Å². The maximum Gasteiger partial charge on any atom is 0.181 e. The van der Waals surface area contributed by atoms with Gasteiger partial charge in [-0.15, -0.1) is 0 Å². The number of H-pyrrole nitrogens is 1. The SMILES string of the molecule is Cc1cc(-n2cc[nH]c2=S)ccn1. The quantitative estimate of drug-likeness (QED) is 0.701. The third kappa shape index (κ3) is 1.53. The number of nitrogens with one attached hydrogen (secondary N) is 1. The summed E-state index contributed by atoms with van der Waals surface area (Å²) in [6.07, 6.45) is 5.49. The van der Waals surface area contributed by atoms with E-state index in [0.717, 1.165) is 11.4 Å². The summed E-state index contributed by atoms with van der Waals surface area (Å²) in [7, 11) is 0. The maximum atomic E-state index is 5.10. The van der Waals surface area contributed by atoms with E-state index >= 15 is 0 Å². The van der Waals surface area contributed by atoms with Gasteiger partial charge in [-0.1, -0.05) is 0 Å². The molecule has 0 aromatic carbocycles. The minimum atomic E-state index is 0.700. The van der Waals surface area contributed by atoms with Crippen LogP contribution in [-0.4, -0.2) is 14.5 Å². The Morgan fingerprint density at radius 3 is 3.00 bits per heavy atom. The molecule has 0 bridgehead atoms. The second kappa shape index (κ2) is 3.14. The zero-order chi connectivity index (χ0) is 9.26. The topological polar surface area (TPSA) is 33.6 Å². The molecule has 13 heavy (non-hydrogen) atoms. The third-order valence-corrected chi connectivity index (χ3v) is 2.12. The summed E-state index contributed by atoms with van der Waals surface area (Å²) in [4.78, 5) is 7.07. The monoisotopic (exact) mass is 191 g/mol. The molecular formula is C9H9N3S. The molecule has 0 radical (unpaired) electrons. The molecule has 2 heterocycles. The van der Waals surface area contributed by atoms with E-state index in [-0.39, 0.29) is 0 Å². The molecule has 2 aromatic rings. The van der Waals surface area contributed by atoms with Gasteiger partial charge in [0.15, 0.2) is 4.77 Å². The fourth-order valence-electron chi connectivity index (χ4n) is 1.20. The molecule has 0 saturated heterocycles. The first-order valence-electron chi connectivity index (χ1n) is 3.96. The molecule has 1 N–H and O–H groups in total. The van der Waals surface area contributed by atoms with Crippen molar-refractivity contribution in [3.8, 4) is 5.69 Å². The highest BCUT2D eigenvalue weighted by Crippen LogP contribution is 2.07. The predicted octanol–water partition coefficient (Wildman–Crippen LogP) is 2.24. The Hall–Kier alpha value is -1.42. The molecule has 2 aromatic heterocycles. The predicted molar refractivity (Wildman–Crippen MR) is 53.5 cm³/mol. The normalized spacial score (nSPS) is 10.2. The lowest BCUT2D eigenvalue weighted by atomic mass is 10.3. The third-order valence-electron chi connectivity index (χ3n) is 1.81. The Bertz CT molecular complexity index is 469. The lowest BCUT2D eigenvalue weighted by Gasteiger charge is -2.01. The van der Waals surface area contributed by atoms with E-state index in [1.54, 1.807) is 6.20 Å². The summed E-state index contributed by atoms with van der Waals surface area (Å²) in [6, 6.07) is 3.92. The lowest BCUT2D eigenvalue weighted by Crippen LogP contribution is -1.93. The number of hydrogen-bond acceptors (Lipinski definition) is 2. The number of aromatic nitrogens is 3. The highest BCUT2D eigenvalue weighted by Gasteiger charge is 1.96. The van der Waals surface area contributed by atoms with Crippen LogP contribution in [0.25, 0.3) is 5.69 Å². The van der Waals surface area contributed by atoms with E-state index in [9.17, 15) is 0 Å². The molecule has 2 rings (SSSR count). The smallest absolute Gasteiger partial charge is 0.181 e. The second-order valence-corrected chi connectivity index (χ2v) is 3.18. The molecule has 3 nitrogen and oxygen atoms in total. The zero-order valence-corrected chi connectivity index (χ0v) is 8.01. The van der Waals surface area contributed by atoms with Crippen molar-refractivity contribution in [3.05, 3.63) is 41.2 Å². The number of pyridine rings is 1. The Balaban J connectivity index is 2.59. The minimum absolute atomic E-state index is 0.700. The van der Waals surface area contributed by atoms with Crippen LogP contribution in [0.1, 0.15) is 5.69 Å². The van der Waals surface area contributed by atoms with E-state index in [1.165, 1.54) is 0 Å². The lowest BCUT2D eigenvalue weighted by molar-refractivity contribution is 1.01. The number of hydrogen-bond donors (Lipinski definition) is 1. The number of imidazole rings is 1. The highest BCUT2D eigenvalue weighted by molar-refractivity contribution is 7.71. The number of aromatic amines is 1. The molecule has 0 saturated carbocycles. The van der Waals surface area contributed by atoms with E-state index in [0.29, 0.717) is 4.77 Å². The summed E-state index contributed by atoms with van der Waals surface area (Å²) >= 11 is 5.10. The van der Waals surface area contributed by atoms with Crippen LogP contribution in [0.5, 0.6) is 0 Å². The van der Waals surface area contributed by atoms with Crippen molar-refractivity contribution >= 4 is 12.2 Å². The van der Waals surface area contributed by atoms with Gasteiger partial charge in [0.25, 0.3) is 0 Å². The zero-order valence-electron chi connectivity index (χ0n) is 7.19. The first-order valence-corrected chi connectivity index (χ1v) is 4.37. The first kappa shape index (κ1) is 8.19. The molecule has 0 unspecified atom stereocenters. The molecule has 66 valence electrons. The fourth-order valence-corrected chi connectivity index (χ4v) is 1.44. The summed E-state index contributed by atoms with van der Waals surface area (Å²) < 4.78 is 2.61.